The molecule has 1 aliphatic carbocycles. The maximum Gasteiger partial charge on any atom is 0.255 e. The molecule has 1 unspecified atom stereocenters. The standard InChI is InChI=1S/C24H30N6O/c1-5-21-28-23(25-16(2)3)30-24(29-21)27-20-14-12-17(4)11-13-18(15-20)22(31)26-19-9-7-6-8-10-19/h6-11,13,15-17H,5,12,14H2,1-4H3,(H,26,31)(H,25,28,29,30). The first kappa shape index (κ1) is 22.3. The molecule has 0 radical (unpaired) electrons. The summed E-state index contributed by atoms with van der Waals surface area (Å²) in [5, 5.41) is 6.16. The number of anilines is 2. The summed E-state index contributed by atoms with van der Waals surface area (Å²) in [4.78, 5) is 30.9. The lowest BCUT2D eigenvalue weighted by molar-refractivity contribution is -0.112. The predicted molar refractivity (Wildman–Crippen MR) is 126 cm³/mol. The third-order valence-corrected chi connectivity index (χ3v) is 4.72. The zero-order valence-electron chi connectivity index (χ0n) is 18.6. The van der Waals surface area contributed by atoms with Gasteiger partial charge in [-0.25, -0.2) is 4.99 Å². The smallest absolute Gasteiger partial charge is 0.255 e. The van der Waals surface area contributed by atoms with Crippen LogP contribution in [0.1, 0.15) is 46.4 Å². The van der Waals surface area contributed by atoms with Crippen LogP contribution in [0.4, 0.5) is 17.6 Å². The molecule has 162 valence electrons. The van der Waals surface area contributed by atoms with Crippen LogP contribution in [-0.2, 0) is 11.2 Å². The van der Waals surface area contributed by atoms with E-state index in [2.05, 4.69) is 38.6 Å². The van der Waals surface area contributed by atoms with Crippen LogP contribution in [0, 0.1) is 5.92 Å². The highest BCUT2D eigenvalue weighted by molar-refractivity contribution is 6.11. The van der Waals surface area contributed by atoms with E-state index in [0.29, 0.717) is 35.6 Å². The number of rotatable bonds is 6. The van der Waals surface area contributed by atoms with Gasteiger partial charge in [0.2, 0.25) is 5.95 Å². The molecule has 1 atom stereocenters. The molecule has 0 spiro atoms. The highest BCUT2D eigenvalue weighted by Crippen LogP contribution is 2.19. The number of carbonyl (C=O) groups excluding carboxylic acids is 1. The van der Waals surface area contributed by atoms with E-state index in [1.165, 1.54) is 0 Å². The minimum atomic E-state index is -0.170. The van der Waals surface area contributed by atoms with Crippen molar-refractivity contribution in [3.8, 4) is 0 Å². The summed E-state index contributed by atoms with van der Waals surface area (Å²) in [7, 11) is 0. The molecular weight excluding hydrogens is 388 g/mol. The average Bonchev–Trinajstić information content (AvgIpc) is 2.73. The van der Waals surface area contributed by atoms with Gasteiger partial charge >= 0.3 is 0 Å². The summed E-state index contributed by atoms with van der Waals surface area (Å²) >= 11 is 0. The van der Waals surface area contributed by atoms with Crippen LogP contribution in [0.5, 0.6) is 0 Å². The van der Waals surface area contributed by atoms with Gasteiger partial charge < -0.3 is 10.6 Å². The summed E-state index contributed by atoms with van der Waals surface area (Å²) in [6, 6.07) is 9.63. The molecule has 3 rings (SSSR count). The quantitative estimate of drug-likeness (QED) is 0.698. The Hall–Kier alpha value is -3.35. The molecule has 1 aliphatic rings. The number of aryl methyl sites for hydroxylation is 1. The van der Waals surface area contributed by atoms with Crippen molar-refractivity contribution >= 4 is 29.2 Å². The van der Waals surface area contributed by atoms with E-state index in [1.54, 1.807) is 0 Å². The van der Waals surface area contributed by atoms with Crippen molar-refractivity contribution < 1.29 is 4.79 Å². The number of aliphatic imine (C=N–C) groups is 1. The Morgan fingerprint density at radius 3 is 2.68 bits per heavy atom. The molecule has 7 nitrogen and oxygen atoms in total. The molecule has 0 fully saturated rings. The van der Waals surface area contributed by atoms with E-state index in [0.717, 1.165) is 24.2 Å². The van der Waals surface area contributed by atoms with E-state index >= 15 is 0 Å². The third kappa shape index (κ3) is 6.84. The fourth-order valence-electron chi connectivity index (χ4n) is 3.06. The first-order chi connectivity index (χ1) is 14.9. The molecular formula is C24H30N6O. The van der Waals surface area contributed by atoms with E-state index in [1.807, 2.05) is 63.3 Å². The van der Waals surface area contributed by atoms with Crippen molar-refractivity contribution in [2.24, 2.45) is 10.9 Å². The maximum atomic E-state index is 12.9. The van der Waals surface area contributed by atoms with Crippen LogP contribution >= 0.6 is 0 Å². The van der Waals surface area contributed by atoms with Crippen LogP contribution in [0.15, 0.2) is 59.1 Å². The highest BCUT2D eigenvalue weighted by Gasteiger charge is 2.14. The van der Waals surface area contributed by atoms with Gasteiger partial charge in [-0.3, -0.25) is 4.79 Å². The summed E-state index contributed by atoms with van der Waals surface area (Å²) < 4.78 is 0. The van der Waals surface area contributed by atoms with Crippen LogP contribution in [-0.4, -0.2) is 32.6 Å². The molecule has 1 aromatic heterocycles. The molecule has 7 heteroatoms. The minimum absolute atomic E-state index is 0.170. The fraction of sp³-hybridized carbons (Fsp3) is 0.375. The van der Waals surface area contributed by atoms with Gasteiger partial charge in [-0.15, -0.1) is 0 Å². The lowest BCUT2D eigenvalue weighted by Gasteiger charge is -2.13. The van der Waals surface area contributed by atoms with E-state index < -0.39 is 0 Å². The second-order valence-corrected chi connectivity index (χ2v) is 7.93. The molecule has 0 bridgehead atoms. The number of hydrogen-bond donors (Lipinski definition) is 2. The summed E-state index contributed by atoms with van der Waals surface area (Å²) in [5.74, 6) is 1.73. The van der Waals surface area contributed by atoms with Crippen LogP contribution in [0.25, 0.3) is 0 Å². The van der Waals surface area contributed by atoms with Crippen molar-refractivity contribution in [3.05, 3.63) is 60.0 Å². The van der Waals surface area contributed by atoms with Gasteiger partial charge in [0.05, 0.1) is 0 Å². The average molecular weight is 419 g/mol. The fourth-order valence-corrected chi connectivity index (χ4v) is 3.06. The van der Waals surface area contributed by atoms with Gasteiger partial charge in [0, 0.05) is 29.4 Å². The number of para-hydroxylation sites is 1. The number of aromatic nitrogens is 3. The van der Waals surface area contributed by atoms with E-state index in [9.17, 15) is 4.79 Å². The normalized spacial score (nSPS) is 17.8. The van der Waals surface area contributed by atoms with Crippen LogP contribution in [0.3, 0.4) is 0 Å². The van der Waals surface area contributed by atoms with Gasteiger partial charge in [0.1, 0.15) is 5.82 Å². The SMILES string of the molecule is CCc1nc(N=C2C=C(C(=O)Nc3ccccc3)C=CC(C)CC2)nc(NC(C)C)n1. The van der Waals surface area contributed by atoms with Crippen molar-refractivity contribution in [1.82, 2.24) is 15.0 Å². The molecule has 31 heavy (non-hydrogen) atoms. The Morgan fingerprint density at radius 1 is 1.19 bits per heavy atom. The zero-order valence-corrected chi connectivity index (χ0v) is 18.6. The van der Waals surface area contributed by atoms with Crippen molar-refractivity contribution in [2.45, 2.75) is 53.0 Å². The summed E-state index contributed by atoms with van der Waals surface area (Å²) in [5.41, 5.74) is 2.09. The molecule has 0 saturated heterocycles. The first-order valence-electron chi connectivity index (χ1n) is 10.8. The van der Waals surface area contributed by atoms with Crippen LogP contribution in [0.2, 0.25) is 0 Å². The molecule has 1 heterocycles. The second-order valence-electron chi connectivity index (χ2n) is 7.93. The van der Waals surface area contributed by atoms with Gasteiger partial charge in [-0.2, -0.15) is 15.0 Å². The van der Waals surface area contributed by atoms with E-state index in [-0.39, 0.29) is 11.9 Å². The van der Waals surface area contributed by atoms with E-state index in [4.69, 9.17) is 4.99 Å². The minimum Gasteiger partial charge on any atom is -0.352 e. The highest BCUT2D eigenvalue weighted by atomic mass is 16.1. The molecule has 1 amide bonds. The van der Waals surface area contributed by atoms with Gasteiger partial charge in [0.15, 0.2) is 0 Å². The van der Waals surface area contributed by atoms with Crippen molar-refractivity contribution in [3.63, 3.8) is 0 Å². The van der Waals surface area contributed by atoms with Crippen molar-refractivity contribution in [2.75, 3.05) is 10.6 Å². The summed E-state index contributed by atoms with van der Waals surface area (Å²) in [6.07, 6.45) is 8.11. The number of hydrogen-bond acceptors (Lipinski definition) is 6. The van der Waals surface area contributed by atoms with Gasteiger partial charge in [0.25, 0.3) is 11.9 Å². The molecule has 0 saturated carbocycles. The number of amides is 1. The van der Waals surface area contributed by atoms with Gasteiger partial charge in [-0.1, -0.05) is 44.2 Å². The molecule has 0 aliphatic heterocycles. The monoisotopic (exact) mass is 418 g/mol. The zero-order chi connectivity index (χ0) is 22.2. The number of benzene rings is 1. The second kappa shape index (κ2) is 10.6. The largest absolute Gasteiger partial charge is 0.352 e. The maximum absolute atomic E-state index is 12.9. The molecule has 2 aromatic rings. The first-order valence-corrected chi connectivity index (χ1v) is 10.8. The Kier molecular flexibility index (Phi) is 7.65. The number of nitrogens with zero attached hydrogens (tertiary/aromatic N) is 4. The lowest BCUT2D eigenvalue weighted by atomic mass is 9.97. The predicted octanol–water partition coefficient (Wildman–Crippen LogP) is 4.88. The Labute approximate surface area is 183 Å². The number of allylic oxidation sites excluding steroid dienone is 2. The van der Waals surface area contributed by atoms with Crippen LogP contribution < -0.4 is 10.6 Å². The molecule has 2 N–H and O–H groups in total. The van der Waals surface area contributed by atoms with Gasteiger partial charge in [-0.05, 0) is 50.8 Å². The topological polar surface area (TPSA) is 92.2 Å². The Balaban J connectivity index is 1.93. The lowest BCUT2D eigenvalue weighted by Crippen LogP contribution is -2.16. The summed E-state index contributed by atoms with van der Waals surface area (Å²) in [6.45, 7) is 8.20. The Bertz CT molecular complexity index is 994. The van der Waals surface area contributed by atoms with Crippen molar-refractivity contribution in [1.29, 1.82) is 0 Å². The molecule has 1 aromatic carbocycles. The Morgan fingerprint density at radius 2 is 1.97 bits per heavy atom. The third-order valence-electron chi connectivity index (χ3n) is 4.72. The number of nitrogens with one attached hydrogen (secondary N) is 2. The number of carbonyl (C=O) groups is 1.